The van der Waals surface area contributed by atoms with Crippen molar-refractivity contribution in [1.82, 2.24) is 10.6 Å². The Hall–Kier alpha value is -2.67. The van der Waals surface area contributed by atoms with Crippen molar-refractivity contribution in [2.24, 2.45) is 0 Å². The number of likely N-dealkylation sites (N-methyl/N-ethyl adjacent to an activating group) is 1. The summed E-state index contributed by atoms with van der Waals surface area (Å²) in [4.78, 5) is 36.8. The maximum absolute atomic E-state index is 12.2. The molecule has 2 rings (SSSR count). The number of carbonyl (C=O) groups is 3. The number of imide groups is 1. The highest BCUT2D eigenvalue weighted by atomic mass is 16.2. The van der Waals surface area contributed by atoms with Crippen LogP contribution in [0.25, 0.3) is 0 Å². The van der Waals surface area contributed by atoms with Gasteiger partial charge in [-0.15, -0.1) is 0 Å². The molecule has 1 aliphatic carbocycles. The van der Waals surface area contributed by atoms with Gasteiger partial charge in [0.2, 0.25) is 0 Å². The molecule has 0 heterocycles. The van der Waals surface area contributed by atoms with Crippen molar-refractivity contribution in [2.75, 3.05) is 32.0 Å². The molecule has 4 N–H and O–H groups in total. The van der Waals surface area contributed by atoms with Gasteiger partial charge in [0, 0.05) is 12.2 Å². The Labute approximate surface area is 172 Å². The molecule has 29 heavy (non-hydrogen) atoms. The van der Waals surface area contributed by atoms with E-state index < -0.39 is 11.9 Å². The lowest BCUT2D eigenvalue weighted by molar-refractivity contribution is -0.862. The number of hydrogen-bond donors (Lipinski definition) is 4. The van der Waals surface area contributed by atoms with Crippen molar-refractivity contribution in [3.05, 3.63) is 41.5 Å². The molecule has 1 unspecified atom stereocenters. The maximum atomic E-state index is 12.2. The normalized spacial score (nSPS) is 14.5. The van der Waals surface area contributed by atoms with Crippen LogP contribution >= 0.6 is 0 Å². The molecule has 4 amide bonds. The van der Waals surface area contributed by atoms with Gasteiger partial charge in [-0.1, -0.05) is 36.8 Å². The Morgan fingerprint density at radius 3 is 2.55 bits per heavy atom. The summed E-state index contributed by atoms with van der Waals surface area (Å²) >= 11 is 0. The zero-order chi connectivity index (χ0) is 21.1. The van der Waals surface area contributed by atoms with Crippen molar-refractivity contribution < 1.29 is 19.3 Å². The number of amides is 4. The summed E-state index contributed by atoms with van der Waals surface area (Å²) in [6.45, 7) is 2.74. The smallest absolute Gasteiger partial charge is 0.321 e. The zero-order valence-corrected chi connectivity index (χ0v) is 17.5. The van der Waals surface area contributed by atoms with Crippen molar-refractivity contribution in [3.63, 3.8) is 0 Å². The second-order valence-electron chi connectivity index (χ2n) is 7.53. The predicted molar refractivity (Wildman–Crippen MR) is 114 cm³/mol. The van der Waals surface area contributed by atoms with Crippen molar-refractivity contribution in [3.8, 4) is 0 Å². The molecule has 1 aromatic rings. The first-order chi connectivity index (χ1) is 14.0. The zero-order valence-electron chi connectivity index (χ0n) is 17.5. The van der Waals surface area contributed by atoms with Gasteiger partial charge in [0.15, 0.2) is 13.1 Å². The summed E-state index contributed by atoms with van der Waals surface area (Å²) in [6.07, 6.45) is 8.57. The van der Waals surface area contributed by atoms with Gasteiger partial charge in [0.1, 0.15) is 0 Å². The highest BCUT2D eigenvalue weighted by Gasteiger charge is 2.17. The third-order valence-electron chi connectivity index (χ3n) is 4.97. The molecular weight excluding hydrogens is 368 g/mol. The number of allylic oxidation sites excluding steroid dienone is 1. The quantitative estimate of drug-likeness (QED) is 0.472. The minimum absolute atomic E-state index is 0.0431. The van der Waals surface area contributed by atoms with Crippen LogP contribution in [0, 0.1) is 0 Å². The number of hydrogen-bond acceptors (Lipinski definition) is 3. The van der Waals surface area contributed by atoms with Gasteiger partial charge < -0.3 is 15.5 Å². The van der Waals surface area contributed by atoms with E-state index >= 15 is 0 Å². The fourth-order valence-electron chi connectivity index (χ4n) is 3.44. The topological polar surface area (TPSA) is 91.7 Å². The van der Waals surface area contributed by atoms with E-state index in [0.29, 0.717) is 11.4 Å². The Balaban J connectivity index is 1.66. The predicted octanol–water partition coefficient (Wildman–Crippen LogP) is 1.42. The van der Waals surface area contributed by atoms with Gasteiger partial charge in [-0.2, -0.15) is 0 Å². The van der Waals surface area contributed by atoms with Crippen molar-refractivity contribution in [2.45, 2.75) is 45.4 Å². The summed E-state index contributed by atoms with van der Waals surface area (Å²) in [6, 6.07) is 7.17. The molecule has 0 saturated carbocycles. The monoisotopic (exact) mass is 401 g/mol. The lowest BCUT2D eigenvalue weighted by Gasteiger charge is -2.15. The van der Waals surface area contributed by atoms with Crippen LogP contribution < -0.4 is 20.9 Å². The van der Waals surface area contributed by atoms with E-state index in [0.717, 1.165) is 36.9 Å². The summed E-state index contributed by atoms with van der Waals surface area (Å²) in [7, 11) is 1.75. The second-order valence-corrected chi connectivity index (χ2v) is 7.53. The Morgan fingerprint density at radius 1 is 1.07 bits per heavy atom. The molecular formula is C22H33N4O3+. The Kier molecular flexibility index (Phi) is 9.37. The number of nitrogens with one attached hydrogen (secondary N) is 4. The lowest BCUT2D eigenvalue weighted by atomic mass is 9.97. The number of rotatable bonds is 9. The van der Waals surface area contributed by atoms with E-state index in [2.05, 4.69) is 22.0 Å². The van der Waals surface area contributed by atoms with Crippen LogP contribution in [0.15, 0.2) is 35.9 Å². The lowest BCUT2D eigenvalue weighted by Crippen LogP contribution is -3.11. The third kappa shape index (κ3) is 8.48. The SMILES string of the molecule is CCc1ccccc1NC(=O)C[NH+](C)CC(=O)NC(=O)NCCC1=CCCCC1. The van der Waals surface area contributed by atoms with Gasteiger partial charge in [0.25, 0.3) is 11.8 Å². The minimum Gasteiger partial charge on any atom is -0.337 e. The average Bonchev–Trinajstić information content (AvgIpc) is 2.68. The minimum atomic E-state index is -0.486. The molecule has 0 radical (unpaired) electrons. The number of aryl methyl sites for hydroxylation is 1. The van der Waals surface area contributed by atoms with Gasteiger partial charge in [0.05, 0.1) is 7.05 Å². The summed E-state index contributed by atoms with van der Waals surface area (Å²) < 4.78 is 0. The fraction of sp³-hybridized carbons (Fsp3) is 0.500. The van der Waals surface area contributed by atoms with Crippen LogP contribution in [0.3, 0.4) is 0 Å². The number of anilines is 1. The number of para-hydroxylation sites is 1. The maximum Gasteiger partial charge on any atom is 0.321 e. The van der Waals surface area contributed by atoms with Gasteiger partial charge in [-0.25, -0.2) is 4.79 Å². The van der Waals surface area contributed by atoms with Crippen LogP contribution in [-0.4, -0.2) is 44.5 Å². The first kappa shape index (κ1) is 22.6. The molecule has 0 spiro atoms. The van der Waals surface area contributed by atoms with Crippen LogP contribution in [0.1, 0.15) is 44.6 Å². The van der Waals surface area contributed by atoms with Gasteiger partial charge in [-0.05, 0) is 50.2 Å². The molecule has 0 fully saturated rings. The Bertz CT molecular complexity index is 745. The fourth-order valence-corrected chi connectivity index (χ4v) is 3.44. The largest absolute Gasteiger partial charge is 0.337 e. The van der Waals surface area contributed by atoms with E-state index in [4.69, 9.17) is 0 Å². The van der Waals surface area contributed by atoms with Crippen LogP contribution in [-0.2, 0) is 16.0 Å². The van der Waals surface area contributed by atoms with Crippen LogP contribution in [0.4, 0.5) is 10.5 Å². The standard InChI is InChI=1S/C22H32N4O3/c1-3-18-11-7-8-12-19(18)24-20(27)15-26(2)16-21(28)25-22(29)23-14-13-17-9-5-4-6-10-17/h7-9,11-12H,3-6,10,13-16H2,1-2H3,(H,24,27)(H2,23,25,28,29)/p+1. The number of carbonyl (C=O) groups excluding carboxylic acids is 3. The molecule has 7 nitrogen and oxygen atoms in total. The highest BCUT2D eigenvalue weighted by Crippen LogP contribution is 2.19. The molecule has 0 bridgehead atoms. The molecule has 1 aliphatic rings. The molecule has 0 aromatic heterocycles. The number of urea groups is 1. The number of benzene rings is 1. The van der Waals surface area contributed by atoms with Gasteiger partial charge >= 0.3 is 6.03 Å². The average molecular weight is 402 g/mol. The van der Waals surface area contributed by atoms with Crippen LogP contribution in [0.5, 0.6) is 0 Å². The third-order valence-corrected chi connectivity index (χ3v) is 4.97. The molecule has 0 aliphatic heterocycles. The summed E-state index contributed by atoms with van der Waals surface area (Å²) in [5, 5.41) is 7.94. The van der Waals surface area contributed by atoms with Crippen molar-refractivity contribution >= 4 is 23.5 Å². The molecule has 1 atom stereocenters. The summed E-state index contributed by atoms with van der Waals surface area (Å²) in [5.41, 5.74) is 3.24. The van der Waals surface area contributed by atoms with E-state index in [1.807, 2.05) is 31.2 Å². The highest BCUT2D eigenvalue weighted by molar-refractivity contribution is 5.95. The first-order valence-electron chi connectivity index (χ1n) is 10.4. The Morgan fingerprint density at radius 2 is 1.83 bits per heavy atom. The molecule has 158 valence electrons. The van der Waals surface area contributed by atoms with E-state index in [-0.39, 0.29) is 19.0 Å². The second kappa shape index (κ2) is 12.0. The molecule has 7 heteroatoms. The van der Waals surface area contributed by atoms with Crippen molar-refractivity contribution in [1.29, 1.82) is 0 Å². The molecule has 0 saturated heterocycles. The van der Waals surface area contributed by atoms with E-state index in [1.54, 1.807) is 7.05 Å². The van der Waals surface area contributed by atoms with E-state index in [9.17, 15) is 14.4 Å². The first-order valence-corrected chi connectivity index (χ1v) is 10.4. The number of quaternary nitrogens is 1. The van der Waals surface area contributed by atoms with Crippen LogP contribution in [0.2, 0.25) is 0 Å². The summed E-state index contributed by atoms with van der Waals surface area (Å²) in [5.74, 6) is -0.569. The molecule has 1 aromatic carbocycles. The van der Waals surface area contributed by atoms with E-state index in [1.165, 1.54) is 18.4 Å². The van der Waals surface area contributed by atoms with Gasteiger partial charge in [-0.3, -0.25) is 14.9 Å².